The number of phenols is 1. The van der Waals surface area contributed by atoms with Crippen molar-refractivity contribution in [3.63, 3.8) is 0 Å². The van der Waals surface area contributed by atoms with Crippen molar-refractivity contribution in [1.82, 2.24) is 15.6 Å². The standard InChI is InChI=1S/C21H22N4O3/c1-3-12-28-18-10-6-16(7-11-18)19-13-20(24-23-19)21(27)25-22-14(2)15-4-8-17(26)9-5-15/h4-11,13,26H,3,12H2,1-2H3,(H,23,24)(H,25,27)/b22-14+. The van der Waals surface area contributed by atoms with E-state index >= 15 is 0 Å². The Hall–Kier alpha value is -3.61. The van der Waals surface area contributed by atoms with Crippen LogP contribution in [0.15, 0.2) is 59.7 Å². The van der Waals surface area contributed by atoms with E-state index in [1.165, 1.54) is 0 Å². The first-order valence-corrected chi connectivity index (χ1v) is 8.99. The van der Waals surface area contributed by atoms with E-state index in [-0.39, 0.29) is 11.7 Å². The lowest BCUT2D eigenvalue weighted by Crippen LogP contribution is -2.19. The highest BCUT2D eigenvalue weighted by Gasteiger charge is 2.11. The molecule has 3 rings (SSSR count). The van der Waals surface area contributed by atoms with Crippen LogP contribution in [0.4, 0.5) is 0 Å². The van der Waals surface area contributed by atoms with Crippen LogP contribution in [0.1, 0.15) is 36.3 Å². The van der Waals surface area contributed by atoms with Crippen molar-refractivity contribution in [3.8, 4) is 22.8 Å². The molecule has 0 saturated carbocycles. The smallest absolute Gasteiger partial charge is 0.289 e. The molecule has 144 valence electrons. The molecule has 0 unspecified atom stereocenters. The highest BCUT2D eigenvalue weighted by molar-refractivity contribution is 6.00. The molecule has 7 heteroatoms. The van der Waals surface area contributed by atoms with Gasteiger partial charge >= 0.3 is 0 Å². The Kier molecular flexibility index (Phi) is 6.06. The zero-order valence-corrected chi connectivity index (χ0v) is 15.8. The lowest BCUT2D eigenvalue weighted by molar-refractivity contribution is 0.0950. The fraction of sp³-hybridized carbons (Fsp3) is 0.190. The molecule has 0 spiro atoms. The van der Waals surface area contributed by atoms with Crippen molar-refractivity contribution in [3.05, 3.63) is 65.9 Å². The number of phenolic OH excluding ortho intramolecular Hbond substituents is 1. The molecule has 1 heterocycles. The molecular formula is C21H22N4O3. The van der Waals surface area contributed by atoms with Gasteiger partial charge in [-0.2, -0.15) is 10.2 Å². The molecule has 0 saturated heterocycles. The summed E-state index contributed by atoms with van der Waals surface area (Å²) in [5.74, 6) is 0.591. The average Bonchev–Trinajstić information content (AvgIpc) is 3.21. The van der Waals surface area contributed by atoms with Gasteiger partial charge in [0.2, 0.25) is 0 Å². The molecule has 0 aliphatic heterocycles. The van der Waals surface area contributed by atoms with Crippen molar-refractivity contribution in [2.45, 2.75) is 20.3 Å². The van der Waals surface area contributed by atoms with Crippen LogP contribution < -0.4 is 10.2 Å². The Bertz CT molecular complexity index is 960. The molecule has 0 fully saturated rings. The minimum Gasteiger partial charge on any atom is -0.508 e. The molecule has 1 aromatic heterocycles. The highest BCUT2D eigenvalue weighted by atomic mass is 16.5. The largest absolute Gasteiger partial charge is 0.508 e. The molecular weight excluding hydrogens is 356 g/mol. The van der Waals surface area contributed by atoms with Crippen LogP contribution in [0.2, 0.25) is 0 Å². The van der Waals surface area contributed by atoms with Gasteiger partial charge in [-0.25, -0.2) is 5.43 Å². The number of ether oxygens (including phenoxy) is 1. The summed E-state index contributed by atoms with van der Waals surface area (Å²) >= 11 is 0. The van der Waals surface area contributed by atoms with E-state index in [4.69, 9.17) is 4.74 Å². The topological polar surface area (TPSA) is 99.6 Å². The van der Waals surface area contributed by atoms with E-state index in [9.17, 15) is 9.90 Å². The summed E-state index contributed by atoms with van der Waals surface area (Å²) in [6, 6.07) is 15.8. The van der Waals surface area contributed by atoms with Gasteiger partial charge in [-0.1, -0.05) is 6.92 Å². The van der Waals surface area contributed by atoms with Crippen LogP contribution >= 0.6 is 0 Å². The van der Waals surface area contributed by atoms with Crippen molar-refractivity contribution in [1.29, 1.82) is 0 Å². The van der Waals surface area contributed by atoms with Gasteiger partial charge in [0.25, 0.3) is 5.91 Å². The number of hydrazone groups is 1. The molecule has 0 aliphatic rings. The predicted molar refractivity (Wildman–Crippen MR) is 108 cm³/mol. The number of hydrogen-bond donors (Lipinski definition) is 3. The Labute approximate surface area is 163 Å². The van der Waals surface area contributed by atoms with E-state index in [2.05, 4.69) is 27.6 Å². The van der Waals surface area contributed by atoms with Crippen LogP contribution in [0, 0.1) is 0 Å². The number of carbonyl (C=O) groups is 1. The van der Waals surface area contributed by atoms with Gasteiger partial charge in [0.1, 0.15) is 17.2 Å². The fourth-order valence-electron chi connectivity index (χ4n) is 2.49. The van der Waals surface area contributed by atoms with E-state index in [0.29, 0.717) is 23.7 Å². The molecule has 0 aliphatic carbocycles. The molecule has 0 bridgehead atoms. The van der Waals surface area contributed by atoms with Crippen molar-refractivity contribution < 1.29 is 14.6 Å². The van der Waals surface area contributed by atoms with Crippen molar-refractivity contribution in [2.75, 3.05) is 6.61 Å². The number of hydrogen-bond acceptors (Lipinski definition) is 5. The van der Waals surface area contributed by atoms with Gasteiger partial charge in [0.15, 0.2) is 0 Å². The van der Waals surface area contributed by atoms with Crippen molar-refractivity contribution >= 4 is 11.6 Å². The number of H-pyrrole nitrogens is 1. The van der Waals surface area contributed by atoms with Crippen molar-refractivity contribution in [2.24, 2.45) is 5.10 Å². The maximum absolute atomic E-state index is 12.3. The van der Waals surface area contributed by atoms with Crippen LogP contribution in [0.3, 0.4) is 0 Å². The van der Waals surface area contributed by atoms with Gasteiger partial charge in [0, 0.05) is 5.56 Å². The molecule has 3 aromatic rings. The Morgan fingerprint density at radius 3 is 2.57 bits per heavy atom. The number of aromatic hydroxyl groups is 1. The fourth-order valence-corrected chi connectivity index (χ4v) is 2.49. The van der Waals surface area contributed by atoms with Crippen LogP contribution in [0.25, 0.3) is 11.3 Å². The Morgan fingerprint density at radius 2 is 1.89 bits per heavy atom. The third-order valence-corrected chi connectivity index (χ3v) is 4.06. The number of nitrogens with zero attached hydrogens (tertiary/aromatic N) is 2. The molecule has 1 amide bonds. The quantitative estimate of drug-likeness (QED) is 0.431. The monoisotopic (exact) mass is 378 g/mol. The zero-order valence-electron chi connectivity index (χ0n) is 15.8. The Balaban J connectivity index is 1.65. The summed E-state index contributed by atoms with van der Waals surface area (Å²) in [6.07, 6.45) is 0.953. The van der Waals surface area contributed by atoms with E-state index < -0.39 is 0 Å². The predicted octanol–water partition coefficient (Wildman–Crippen LogP) is 3.73. The van der Waals surface area contributed by atoms with E-state index in [0.717, 1.165) is 23.3 Å². The molecule has 28 heavy (non-hydrogen) atoms. The van der Waals surface area contributed by atoms with Gasteiger partial charge < -0.3 is 9.84 Å². The SMILES string of the molecule is CCCOc1ccc(-c2cc(C(=O)N/N=C(\C)c3ccc(O)cc3)[nH]n2)cc1. The van der Waals surface area contributed by atoms with Gasteiger partial charge in [-0.3, -0.25) is 9.89 Å². The lowest BCUT2D eigenvalue weighted by Gasteiger charge is -2.04. The molecule has 7 nitrogen and oxygen atoms in total. The average molecular weight is 378 g/mol. The first-order chi connectivity index (χ1) is 13.6. The number of benzene rings is 2. The molecule has 3 N–H and O–H groups in total. The van der Waals surface area contributed by atoms with Crippen LogP contribution in [0.5, 0.6) is 11.5 Å². The number of nitrogens with one attached hydrogen (secondary N) is 2. The Morgan fingerprint density at radius 1 is 1.18 bits per heavy atom. The number of aromatic amines is 1. The van der Waals surface area contributed by atoms with Gasteiger partial charge in [-0.15, -0.1) is 0 Å². The summed E-state index contributed by atoms with van der Waals surface area (Å²) in [5, 5.41) is 20.3. The third kappa shape index (κ3) is 4.76. The summed E-state index contributed by atoms with van der Waals surface area (Å²) in [5.41, 5.74) is 5.77. The van der Waals surface area contributed by atoms with Gasteiger partial charge in [-0.05, 0) is 73.5 Å². The molecule has 0 atom stereocenters. The second-order valence-corrected chi connectivity index (χ2v) is 6.22. The molecule has 2 aromatic carbocycles. The maximum Gasteiger partial charge on any atom is 0.289 e. The summed E-state index contributed by atoms with van der Waals surface area (Å²) in [7, 11) is 0. The normalized spacial score (nSPS) is 11.3. The minimum absolute atomic E-state index is 0.176. The lowest BCUT2D eigenvalue weighted by atomic mass is 10.1. The number of amides is 1. The summed E-state index contributed by atoms with van der Waals surface area (Å²) < 4.78 is 5.57. The van der Waals surface area contributed by atoms with E-state index in [1.807, 2.05) is 24.3 Å². The van der Waals surface area contributed by atoms with Crippen LogP contribution in [-0.2, 0) is 0 Å². The number of aromatic nitrogens is 2. The first-order valence-electron chi connectivity index (χ1n) is 8.99. The molecule has 0 radical (unpaired) electrons. The highest BCUT2D eigenvalue weighted by Crippen LogP contribution is 2.21. The number of rotatable bonds is 7. The first kappa shape index (κ1) is 19.2. The van der Waals surface area contributed by atoms with E-state index in [1.54, 1.807) is 37.3 Å². The second kappa shape index (κ2) is 8.85. The summed E-state index contributed by atoms with van der Waals surface area (Å²) in [6.45, 7) is 4.50. The summed E-state index contributed by atoms with van der Waals surface area (Å²) in [4.78, 5) is 12.3. The minimum atomic E-state index is -0.389. The van der Waals surface area contributed by atoms with Crippen LogP contribution in [-0.4, -0.2) is 33.5 Å². The number of carbonyl (C=O) groups excluding carboxylic acids is 1. The maximum atomic E-state index is 12.3. The third-order valence-electron chi connectivity index (χ3n) is 4.06. The van der Waals surface area contributed by atoms with Gasteiger partial charge in [0.05, 0.1) is 18.0 Å². The zero-order chi connectivity index (χ0) is 19.9. The second-order valence-electron chi connectivity index (χ2n) is 6.22.